The molecule has 0 radical (unpaired) electrons. The van der Waals surface area contributed by atoms with Gasteiger partial charge in [0.15, 0.2) is 28.8 Å². The number of aromatic nitrogens is 3. The van der Waals surface area contributed by atoms with Gasteiger partial charge < -0.3 is 19.3 Å². The van der Waals surface area contributed by atoms with Gasteiger partial charge in [0.1, 0.15) is 12.4 Å². The van der Waals surface area contributed by atoms with Gasteiger partial charge in [-0.2, -0.15) is 0 Å². The number of hydrogen-bond acceptors (Lipinski definition) is 7. The molecule has 0 saturated heterocycles. The van der Waals surface area contributed by atoms with Crippen LogP contribution in [0.5, 0.6) is 17.2 Å². The molecule has 186 valence electrons. The molecule has 0 aliphatic rings. The molecule has 0 unspecified atom stereocenters. The Morgan fingerprint density at radius 2 is 1.83 bits per heavy atom. The number of nitrogens with one attached hydrogen (secondary N) is 1. The summed E-state index contributed by atoms with van der Waals surface area (Å²) in [6.07, 6.45) is 0.980. The summed E-state index contributed by atoms with van der Waals surface area (Å²) >= 11 is 6.38. The number of carboxylic acids is 1. The summed E-state index contributed by atoms with van der Waals surface area (Å²) in [5.74, 6) is -3.46. The van der Waals surface area contributed by atoms with Crippen molar-refractivity contribution in [3.63, 3.8) is 0 Å². The molecule has 0 aliphatic carbocycles. The molecule has 4 rings (SSSR count). The maximum absolute atomic E-state index is 14.4. The number of hydrogen-bond donors (Lipinski definition) is 2. The molecule has 0 fully saturated rings. The van der Waals surface area contributed by atoms with E-state index in [0.29, 0.717) is 0 Å². The summed E-state index contributed by atoms with van der Waals surface area (Å²) in [5.41, 5.74) is -2.43. The Bertz CT molecular complexity index is 1640. The van der Waals surface area contributed by atoms with Gasteiger partial charge in [0.05, 0.1) is 41.4 Å². The molecule has 2 N–H and O–H groups in total. The Hall–Kier alpha value is -4.45. The smallest absolute Gasteiger partial charge is 0.337 e. The molecule has 0 atom stereocenters. The van der Waals surface area contributed by atoms with Gasteiger partial charge in [0.25, 0.3) is 5.56 Å². The van der Waals surface area contributed by atoms with E-state index in [-0.39, 0.29) is 50.1 Å². The number of nitrogens with zero attached hydrogens (tertiary/aromatic N) is 2. The fourth-order valence-electron chi connectivity index (χ4n) is 3.48. The Kier molecular flexibility index (Phi) is 6.62. The molecule has 0 bridgehead atoms. The maximum Gasteiger partial charge on any atom is 0.337 e. The fourth-order valence-corrected chi connectivity index (χ4v) is 3.72. The maximum atomic E-state index is 14.4. The number of methoxy groups -OCH3 is 2. The van der Waals surface area contributed by atoms with Crippen LogP contribution in [0.4, 0.5) is 8.78 Å². The number of ether oxygens (including phenoxy) is 3. The van der Waals surface area contributed by atoms with Crippen molar-refractivity contribution in [1.82, 2.24) is 14.5 Å². The van der Waals surface area contributed by atoms with Crippen molar-refractivity contribution in [2.45, 2.75) is 6.61 Å². The van der Waals surface area contributed by atoms with Crippen LogP contribution in [0.2, 0.25) is 5.02 Å². The van der Waals surface area contributed by atoms with E-state index in [0.717, 1.165) is 22.9 Å². The number of rotatable bonds is 7. The Morgan fingerprint density at radius 1 is 1.11 bits per heavy atom. The number of H-pyrrole nitrogens is 1. The second kappa shape index (κ2) is 9.66. The van der Waals surface area contributed by atoms with Crippen LogP contribution in [-0.2, 0) is 6.61 Å². The van der Waals surface area contributed by atoms with Crippen molar-refractivity contribution in [3.05, 3.63) is 85.2 Å². The molecule has 10 nitrogen and oxygen atoms in total. The van der Waals surface area contributed by atoms with Gasteiger partial charge in [0, 0.05) is 18.3 Å². The first-order valence-corrected chi connectivity index (χ1v) is 10.4. The summed E-state index contributed by atoms with van der Waals surface area (Å²) < 4.78 is 45.1. The minimum atomic E-state index is -1.32. The molecule has 4 aromatic rings. The van der Waals surface area contributed by atoms with E-state index >= 15 is 0 Å². The van der Waals surface area contributed by atoms with Crippen molar-refractivity contribution >= 4 is 28.6 Å². The first kappa shape index (κ1) is 24.7. The van der Waals surface area contributed by atoms with E-state index in [1.807, 2.05) is 0 Å². The Balaban J connectivity index is 1.87. The summed E-state index contributed by atoms with van der Waals surface area (Å²) in [6.45, 7) is -0.480. The van der Waals surface area contributed by atoms with E-state index in [4.69, 9.17) is 25.8 Å². The third-order valence-electron chi connectivity index (χ3n) is 5.21. The van der Waals surface area contributed by atoms with Crippen molar-refractivity contribution in [2.75, 3.05) is 14.2 Å². The quantitative estimate of drug-likeness (QED) is 0.380. The van der Waals surface area contributed by atoms with Crippen LogP contribution in [0.15, 0.2) is 46.1 Å². The molecule has 0 aliphatic heterocycles. The van der Waals surface area contributed by atoms with Gasteiger partial charge in [-0.3, -0.25) is 9.78 Å². The molecule has 0 saturated carbocycles. The molecular weight excluding hydrogens is 504 g/mol. The number of benzene rings is 2. The van der Waals surface area contributed by atoms with Crippen molar-refractivity contribution in [1.29, 1.82) is 0 Å². The highest BCUT2D eigenvalue weighted by Crippen LogP contribution is 2.36. The predicted molar refractivity (Wildman–Crippen MR) is 124 cm³/mol. The summed E-state index contributed by atoms with van der Waals surface area (Å²) in [4.78, 5) is 42.4. The van der Waals surface area contributed by atoms with Crippen LogP contribution in [-0.4, -0.2) is 39.8 Å². The molecule has 2 aromatic carbocycles. The second-order valence-corrected chi connectivity index (χ2v) is 7.69. The zero-order valence-electron chi connectivity index (χ0n) is 18.6. The zero-order chi connectivity index (χ0) is 26.1. The van der Waals surface area contributed by atoms with Crippen LogP contribution in [0.3, 0.4) is 0 Å². The van der Waals surface area contributed by atoms with Crippen molar-refractivity contribution in [3.8, 4) is 22.9 Å². The average molecular weight is 520 g/mol. The van der Waals surface area contributed by atoms with E-state index in [1.165, 1.54) is 32.4 Å². The van der Waals surface area contributed by atoms with Crippen LogP contribution in [0.25, 0.3) is 16.7 Å². The first-order chi connectivity index (χ1) is 17.2. The zero-order valence-corrected chi connectivity index (χ0v) is 19.4. The number of aromatic amines is 1. The number of halogens is 3. The van der Waals surface area contributed by atoms with Crippen LogP contribution < -0.4 is 25.5 Å². The first-order valence-electron chi connectivity index (χ1n) is 10.1. The lowest BCUT2D eigenvalue weighted by Crippen LogP contribution is -2.30. The summed E-state index contributed by atoms with van der Waals surface area (Å²) in [7, 11) is 2.60. The van der Waals surface area contributed by atoms with Crippen molar-refractivity contribution in [2.24, 2.45) is 0 Å². The van der Waals surface area contributed by atoms with Gasteiger partial charge in [0.2, 0.25) is 0 Å². The molecule has 0 spiro atoms. The van der Waals surface area contributed by atoms with Crippen LogP contribution in [0, 0.1) is 11.6 Å². The van der Waals surface area contributed by atoms with E-state index in [1.54, 1.807) is 0 Å². The minimum absolute atomic E-state index is 0.0130. The lowest BCUT2D eigenvalue weighted by atomic mass is 10.2. The van der Waals surface area contributed by atoms with Gasteiger partial charge in [-0.15, -0.1) is 0 Å². The standard InChI is InChI=1S/C23H16ClF2N3O7/c1-34-16-4-3-14(25)19(26)12(16)9-36-18-7-15(13(24)6-17(18)35-2)29-20-11(21(30)28-23(29)33)5-10(8-27-20)22(31)32/h3-8H,9H2,1-2H3,(H,31,32)(H,28,30,33). The van der Waals surface area contributed by atoms with Crippen LogP contribution >= 0.6 is 11.6 Å². The number of pyridine rings is 1. The van der Waals surface area contributed by atoms with Gasteiger partial charge in [-0.1, -0.05) is 11.6 Å². The second-order valence-electron chi connectivity index (χ2n) is 7.28. The molecule has 36 heavy (non-hydrogen) atoms. The highest BCUT2D eigenvalue weighted by molar-refractivity contribution is 6.32. The average Bonchev–Trinajstić information content (AvgIpc) is 2.85. The normalized spacial score (nSPS) is 10.9. The number of aromatic carboxylic acids is 1. The molecule has 0 amide bonds. The monoisotopic (exact) mass is 519 g/mol. The highest BCUT2D eigenvalue weighted by Gasteiger charge is 2.20. The van der Waals surface area contributed by atoms with E-state index < -0.39 is 35.5 Å². The molecular formula is C23H16ClF2N3O7. The molecule has 13 heteroatoms. The number of carboxylic acid groups (broad SMARTS) is 1. The van der Waals surface area contributed by atoms with Crippen molar-refractivity contribution < 1.29 is 32.9 Å². The number of carbonyl (C=O) groups is 1. The van der Waals surface area contributed by atoms with E-state index in [9.17, 15) is 28.3 Å². The van der Waals surface area contributed by atoms with Crippen LogP contribution in [0.1, 0.15) is 15.9 Å². The largest absolute Gasteiger partial charge is 0.496 e. The summed E-state index contributed by atoms with van der Waals surface area (Å²) in [6, 6.07) is 5.80. The molecule has 2 heterocycles. The predicted octanol–water partition coefficient (Wildman–Crippen LogP) is 3.30. The number of fused-ring (bicyclic) bond motifs is 1. The minimum Gasteiger partial charge on any atom is -0.496 e. The highest BCUT2D eigenvalue weighted by atomic mass is 35.5. The van der Waals surface area contributed by atoms with Gasteiger partial charge in [-0.05, 0) is 18.2 Å². The lowest BCUT2D eigenvalue weighted by molar-refractivity contribution is 0.0696. The Morgan fingerprint density at radius 3 is 2.50 bits per heavy atom. The van der Waals surface area contributed by atoms with Gasteiger partial charge >= 0.3 is 11.7 Å². The molecule has 2 aromatic heterocycles. The third-order valence-corrected chi connectivity index (χ3v) is 5.52. The topological polar surface area (TPSA) is 133 Å². The summed E-state index contributed by atoms with van der Waals surface area (Å²) in [5, 5.41) is 9.01. The van der Waals surface area contributed by atoms with Gasteiger partial charge in [-0.25, -0.2) is 27.9 Å². The Labute approximate surface area is 205 Å². The fraction of sp³-hybridized carbons (Fsp3) is 0.130. The SMILES string of the molecule is COc1cc(Cl)c(-n2c(=O)[nH]c(=O)c3cc(C(=O)O)cnc32)cc1OCc1c(OC)ccc(F)c1F. The lowest BCUT2D eigenvalue weighted by Gasteiger charge is -2.17. The van der Waals surface area contributed by atoms with E-state index in [2.05, 4.69) is 9.97 Å². The third kappa shape index (κ3) is 4.33.